The fourth-order valence-corrected chi connectivity index (χ4v) is 4.52. The maximum Gasteiger partial charge on any atom is 0.205 e. The molecule has 3 heterocycles. The summed E-state index contributed by atoms with van der Waals surface area (Å²) in [5.74, 6) is 2.43. The van der Waals surface area contributed by atoms with Gasteiger partial charge in [-0.1, -0.05) is 12.1 Å². The van der Waals surface area contributed by atoms with Gasteiger partial charge in [-0.3, -0.25) is 4.90 Å². The largest absolute Gasteiger partial charge is 0.497 e. The van der Waals surface area contributed by atoms with Crippen molar-refractivity contribution in [3.05, 3.63) is 35.7 Å². The lowest BCUT2D eigenvalue weighted by atomic mass is 10.00. The first-order valence-electron chi connectivity index (χ1n) is 9.83. The van der Waals surface area contributed by atoms with Gasteiger partial charge in [-0.25, -0.2) is 4.98 Å². The average molecular weight is 389 g/mol. The maximum absolute atomic E-state index is 5.45. The van der Waals surface area contributed by atoms with Crippen LogP contribution < -0.4 is 9.64 Å². The zero-order valence-corrected chi connectivity index (χ0v) is 16.8. The summed E-state index contributed by atoms with van der Waals surface area (Å²) in [4.78, 5) is 9.78. The normalized spacial score (nSPS) is 19.4. The summed E-state index contributed by atoms with van der Waals surface area (Å²) < 4.78 is 15.3. The van der Waals surface area contributed by atoms with Gasteiger partial charge in [0, 0.05) is 63.4 Å². The molecule has 0 unspecified atom stereocenters. The first-order valence-corrected chi connectivity index (χ1v) is 10.6. The molecule has 1 aromatic carbocycles. The minimum absolute atomic E-state index is 0.481. The molecule has 0 aliphatic carbocycles. The van der Waals surface area contributed by atoms with E-state index in [2.05, 4.69) is 26.3 Å². The van der Waals surface area contributed by atoms with Gasteiger partial charge >= 0.3 is 0 Å². The molecule has 4 rings (SSSR count). The van der Waals surface area contributed by atoms with Crippen LogP contribution in [0.1, 0.15) is 30.1 Å². The van der Waals surface area contributed by atoms with E-state index in [1.807, 2.05) is 12.1 Å². The fourth-order valence-electron chi connectivity index (χ4n) is 3.72. The first-order chi connectivity index (χ1) is 13.3. The minimum Gasteiger partial charge on any atom is -0.497 e. The maximum atomic E-state index is 5.45. The van der Waals surface area contributed by atoms with Gasteiger partial charge < -0.3 is 14.4 Å². The Bertz CT molecular complexity index is 707. The van der Waals surface area contributed by atoms with Crippen molar-refractivity contribution in [3.8, 4) is 5.75 Å². The Kier molecular flexibility index (Phi) is 6.21. The molecule has 7 heteroatoms. The molecule has 27 heavy (non-hydrogen) atoms. The summed E-state index contributed by atoms with van der Waals surface area (Å²) in [6.45, 7) is 7.02. The summed E-state index contributed by atoms with van der Waals surface area (Å²) in [5.41, 5.74) is 1.36. The van der Waals surface area contributed by atoms with Crippen LogP contribution in [0.3, 0.4) is 0 Å². The van der Waals surface area contributed by atoms with Crippen molar-refractivity contribution < 1.29 is 9.47 Å². The van der Waals surface area contributed by atoms with Crippen molar-refractivity contribution in [1.29, 1.82) is 0 Å². The molecule has 0 saturated carbocycles. The molecule has 2 fully saturated rings. The van der Waals surface area contributed by atoms with Crippen LogP contribution in [-0.2, 0) is 11.2 Å². The Hall–Kier alpha value is -1.70. The van der Waals surface area contributed by atoms with Gasteiger partial charge in [-0.05, 0) is 37.0 Å². The topological polar surface area (TPSA) is 50.7 Å². The Morgan fingerprint density at radius 1 is 1.11 bits per heavy atom. The van der Waals surface area contributed by atoms with E-state index in [0.29, 0.717) is 5.92 Å². The third-order valence-corrected chi connectivity index (χ3v) is 6.33. The van der Waals surface area contributed by atoms with Gasteiger partial charge in [0.2, 0.25) is 5.13 Å². The van der Waals surface area contributed by atoms with Crippen LogP contribution >= 0.6 is 11.5 Å². The Morgan fingerprint density at radius 3 is 2.56 bits per heavy atom. The Balaban J connectivity index is 1.24. The highest BCUT2D eigenvalue weighted by Gasteiger charge is 2.24. The van der Waals surface area contributed by atoms with Crippen LogP contribution in [0.25, 0.3) is 0 Å². The Labute approximate surface area is 165 Å². The molecule has 2 aliphatic heterocycles. The molecule has 2 saturated heterocycles. The number of benzene rings is 1. The van der Waals surface area contributed by atoms with Crippen LogP contribution in [-0.4, -0.2) is 67.3 Å². The lowest BCUT2D eigenvalue weighted by Crippen LogP contribution is -2.47. The highest BCUT2D eigenvalue weighted by atomic mass is 32.1. The fraction of sp³-hybridized carbons (Fsp3) is 0.600. The zero-order chi connectivity index (χ0) is 18.5. The van der Waals surface area contributed by atoms with Gasteiger partial charge in [0.1, 0.15) is 11.6 Å². The molecule has 1 aromatic heterocycles. The summed E-state index contributed by atoms with van der Waals surface area (Å²) >= 11 is 1.56. The predicted molar refractivity (Wildman–Crippen MR) is 108 cm³/mol. The summed E-state index contributed by atoms with van der Waals surface area (Å²) in [5, 5.41) is 1.09. The van der Waals surface area contributed by atoms with Crippen LogP contribution in [0.5, 0.6) is 5.75 Å². The van der Waals surface area contributed by atoms with Crippen LogP contribution in [0, 0.1) is 0 Å². The van der Waals surface area contributed by atoms with Crippen molar-refractivity contribution in [1.82, 2.24) is 14.3 Å². The van der Waals surface area contributed by atoms with Crippen molar-refractivity contribution in [2.75, 3.05) is 57.9 Å². The van der Waals surface area contributed by atoms with Crippen molar-refractivity contribution in [3.63, 3.8) is 0 Å². The van der Waals surface area contributed by atoms with E-state index in [1.54, 1.807) is 18.6 Å². The lowest BCUT2D eigenvalue weighted by Gasteiger charge is -2.34. The van der Waals surface area contributed by atoms with Crippen molar-refractivity contribution >= 4 is 16.7 Å². The summed E-state index contributed by atoms with van der Waals surface area (Å²) in [7, 11) is 1.71. The number of rotatable bonds is 6. The van der Waals surface area contributed by atoms with E-state index in [1.165, 1.54) is 5.56 Å². The van der Waals surface area contributed by atoms with E-state index < -0.39 is 0 Å². The number of aromatic nitrogens is 2. The zero-order valence-electron chi connectivity index (χ0n) is 16.0. The Morgan fingerprint density at radius 2 is 1.85 bits per heavy atom. The number of hydrogen-bond acceptors (Lipinski definition) is 7. The molecule has 0 N–H and O–H groups in total. The molecule has 0 bridgehead atoms. The van der Waals surface area contributed by atoms with Crippen LogP contribution in [0.2, 0.25) is 0 Å². The van der Waals surface area contributed by atoms with Gasteiger partial charge in [-0.2, -0.15) is 4.37 Å². The first kappa shape index (κ1) is 18.7. The monoisotopic (exact) mass is 388 g/mol. The third kappa shape index (κ3) is 4.78. The second kappa shape index (κ2) is 8.99. The number of methoxy groups -OCH3 is 1. The van der Waals surface area contributed by atoms with E-state index in [-0.39, 0.29) is 0 Å². The summed E-state index contributed by atoms with van der Waals surface area (Å²) in [6.07, 6.45) is 3.18. The van der Waals surface area contributed by atoms with Gasteiger partial charge in [0.05, 0.1) is 7.11 Å². The van der Waals surface area contributed by atoms with Crippen molar-refractivity contribution in [2.45, 2.75) is 25.2 Å². The molecule has 146 valence electrons. The standard InChI is InChI=1S/C20H28N4O2S/c1-25-18-4-2-16(3-5-18)6-9-23-10-12-24(13-11-23)20-21-19(22-27-20)17-7-14-26-15-8-17/h2-5,17H,6-15H2,1H3. The minimum atomic E-state index is 0.481. The average Bonchev–Trinajstić information content (AvgIpc) is 3.24. The predicted octanol–water partition coefficient (Wildman–Crippen LogP) is 2.81. The molecular weight excluding hydrogens is 360 g/mol. The van der Waals surface area contributed by atoms with Gasteiger partial charge in [0.25, 0.3) is 0 Å². The van der Waals surface area contributed by atoms with E-state index >= 15 is 0 Å². The SMILES string of the molecule is COc1ccc(CCN2CCN(c3nc(C4CCOCC4)ns3)CC2)cc1. The van der Waals surface area contributed by atoms with Crippen LogP contribution in [0.4, 0.5) is 5.13 Å². The lowest BCUT2D eigenvalue weighted by molar-refractivity contribution is 0.0838. The smallest absolute Gasteiger partial charge is 0.205 e. The molecule has 0 amide bonds. The van der Waals surface area contributed by atoms with E-state index in [9.17, 15) is 0 Å². The highest BCUT2D eigenvalue weighted by molar-refractivity contribution is 7.09. The second-order valence-corrected chi connectivity index (χ2v) is 7.98. The summed E-state index contributed by atoms with van der Waals surface area (Å²) in [6, 6.07) is 8.40. The number of ether oxygens (including phenoxy) is 2. The molecule has 0 spiro atoms. The van der Waals surface area contributed by atoms with E-state index in [4.69, 9.17) is 14.5 Å². The van der Waals surface area contributed by atoms with Crippen LogP contribution in [0.15, 0.2) is 24.3 Å². The quantitative estimate of drug-likeness (QED) is 0.759. The number of hydrogen-bond donors (Lipinski definition) is 0. The van der Waals surface area contributed by atoms with E-state index in [0.717, 1.165) is 81.9 Å². The molecule has 2 aliphatic rings. The second-order valence-electron chi connectivity index (χ2n) is 7.25. The molecule has 0 atom stereocenters. The number of nitrogens with zero attached hydrogens (tertiary/aromatic N) is 4. The highest BCUT2D eigenvalue weighted by Crippen LogP contribution is 2.28. The molecule has 2 aromatic rings. The van der Waals surface area contributed by atoms with Gasteiger partial charge in [0.15, 0.2) is 0 Å². The third-order valence-electron chi connectivity index (χ3n) is 5.54. The number of piperazine rings is 1. The van der Waals surface area contributed by atoms with Gasteiger partial charge in [-0.15, -0.1) is 0 Å². The number of anilines is 1. The van der Waals surface area contributed by atoms with Crippen molar-refractivity contribution in [2.24, 2.45) is 0 Å². The molecule has 0 radical (unpaired) electrons. The molecular formula is C20H28N4O2S. The molecule has 6 nitrogen and oxygen atoms in total.